The van der Waals surface area contributed by atoms with Crippen molar-refractivity contribution in [2.75, 3.05) is 39.5 Å². The first-order valence-corrected chi connectivity index (χ1v) is 12.2. The van der Waals surface area contributed by atoms with Gasteiger partial charge in [-0.15, -0.1) is 6.58 Å². The summed E-state index contributed by atoms with van der Waals surface area (Å²) in [5.74, 6) is 2.31. The summed E-state index contributed by atoms with van der Waals surface area (Å²) < 4.78 is 16.9. The van der Waals surface area contributed by atoms with E-state index in [-0.39, 0.29) is 24.7 Å². The van der Waals surface area contributed by atoms with Crippen LogP contribution in [0.3, 0.4) is 0 Å². The van der Waals surface area contributed by atoms with E-state index < -0.39 is 12.1 Å². The maximum atomic E-state index is 12.8. The normalized spacial score (nSPS) is 17.9. The van der Waals surface area contributed by atoms with Crippen molar-refractivity contribution in [3.8, 4) is 23.0 Å². The number of phenols is 1. The number of hydrogen-bond acceptors (Lipinski definition) is 7. The molecular formula is C27H34N2O6. The van der Waals surface area contributed by atoms with Crippen LogP contribution in [0.1, 0.15) is 30.9 Å². The number of nitrogens with one attached hydrogen (secondary N) is 1. The highest BCUT2D eigenvalue weighted by Gasteiger charge is 2.28. The number of aromatic hydroxyl groups is 1. The average Bonchev–Trinajstić information content (AvgIpc) is 2.89. The molecule has 3 N–H and O–H groups in total. The number of benzene rings is 2. The second-order valence-corrected chi connectivity index (χ2v) is 8.99. The number of phenolic OH excluding ortho intramolecular Hbond substituents is 1. The lowest BCUT2D eigenvalue weighted by Crippen LogP contribution is -2.49. The maximum absolute atomic E-state index is 12.8. The molecule has 8 nitrogen and oxygen atoms in total. The number of piperidine rings is 1. The topological polar surface area (TPSA) is 100 Å². The van der Waals surface area contributed by atoms with Crippen LogP contribution in [0.5, 0.6) is 23.0 Å². The molecule has 1 fully saturated rings. The van der Waals surface area contributed by atoms with Gasteiger partial charge in [-0.05, 0) is 73.8 Å². The van der Waals surface area contributed by atoms with Crippen LogP contribution in [0.25, 0.3) is 0 Å². The van der Waals surface area contributed by atoms with E-state index in [9.17, 15) is 15.0 Å². The van der Waals surface area contributed by atoms with Gasteiger partial charge in [0.2, 0.25) is 5.91 Å². The minimum Gasteiger partial charge on any atom is -0.508 e. The lowest BCUT2D eigenvalue weighted by atomic mass is 9.95. The van der Waals surface area contributed by atoms with Crippen molar-refractivity contribution >= 4 is 5.91 Å². The predicted octanol–water partition coefficient (Wildman–Crippen LogP) is 3.05. The third-order valence-electron chi connectivity index (χ3n) is 6.49. The standard InChI is InChI=1S/C27H34N2O6/c1-2-19-9-12-29(13-10-19)18-23(27(32)20-3-8-24-25(17-20)35-16-15-34-24)28-26(31)11-14-33-22-6-4-21(30)5-7-22/h2-8,17,19,23,27,30,32H,1,9-16,18H2,(H,28,31). The van der Waals surface area contributed by atoms with Crippen LogP contribution in [0, 0.1) is 5.92 Å². The van der Waals surface area contributed by atoms with Gasteiger partial charge >= 0.3 is 0 Å². The van der Waals surface area contributed by atoms with Gasteiger partial charge in [0.05, 0.1) is 19.1 Å². The Hall–Kier alpha value is -3.23. The number of rotatable bonds is 10. The number of aliphatic hydroxyl groups excluding tert-OH is 1. The Bertz CT molecular complexity index is 988. The highest BCUT2D eigenvalue weighted by molar-refractivity contribution is 5.76. The van der Waals surface area contributed by atoms with Crippen molar-refractivity contribution in [1.29, 1.82) is 0 Å². The number of allylic oxidation sites excluding steroid dienone is 1. The predicted molar refractivity (Wildman–Crippen MR) is 132 cm³/mol. The molecule has 1 amide bonds. The number of nitrogens with zero attached hydrogens (tertiary/aromatic N) is 1. The molecule has 2 atom stereocenters. The van der Waals surface area contributed by atoms with E-state index in [0.29, 0.717) is 48.5 Å². The molecule has 0 bridgehead atoms. The van der Waals surface area contributed by atoms with E-state index in [2.05, 4.69) is 16.8 Å². The van der Waals surface area contributed by atoms with Crippen molar-refractivity contribution in [2.24, 2.45) is 5.92 Å². The molecule has 2 unspecified atom stereocenters. The molecule has 2 aromatic rings. The van der Waals surface area contributed by atoms with Crippen LogP contribution in [0.15, 0.2) is 55.1 Å². The van der Waals surface area contributed by atoms with E-state index in [1.807, 2.05) is 12.1 Å². The second kappa shape index (κ2) is 12.0. The fraction of sp³-hybridized carbons (Fsp3) is 0.444. The van der Waals surface area contributed by atoms with Gasteiger partial charge in [0, 0.05) is 6.54 Å². The first kappa shape index (κ1) is 24.9. The summed E-state index contributed by atoms with van der Waals surface area (Å²) in [5.41, 5.74) is 0.667. The largest absolute Gasteiger partial charge is 0.508 e. The maximum Gasteiger partial charge on any atom is 0.223 e. The lowest BCUT2D eigenvalue weighted by molar-refractivity contribution is -0.123. The van der Waals surface area contributed by atoms with Crippen LogP contribution in [0.4, 0.5) is 0 Å². The Morgan fingerprint density at radius 1 is 1.14 bits per heavy atom. The van der Waals surface area contributed by atoms with Gasteiger partial charge in [0.15, 0.2) is 11.5 Å². The van der Waals surface area contributed by atoms with Gasteiger partial charge in [-0.25, -0.2) is 0 Å². The zero-order chi connectivity index (χ0) is 24.6. The summed E-state index contributed by atoms with van der Waals surface area (Å²) in [6.45, 7) is 7.37. The summed E-state index contributed by atoms with van der Waals surface area (Å²) in [6.07, 6.45) is 3.28. The van der Waals surface area contributed by atoms with E-state index in [1.165, 1.54) is 12.1 Å². The van der Waals surface area contributed by atoms with Crippen molar-refractivity contribution in [2.45, 2.75) is 31.4 Å². The molecule has 0 radical (unpaired) electrons. The Morgan fingerprint density at radius 2 is 1.86 bits per heavy atom. The molecule has 2 aromatic carbocycles. The van der Waals surface area contributed by atoms with Gasteiger partial charge in [-0.2, -0.15) is 0 Å². The SMILES string of the molecule is C=CC1CCN(CC(NC(=O)CCOc2ccc(O)cc2)C(O)c2ccc3c(c2)OCCO3)CC1. The van der Waals surface area contributed by atoms with Crippen molar-refractivity contribution in [3.05, 3.63) is 60.7 Å². The van der Waals surface area contributed by atoms with Gasteiger partial charge < -0.3 is 34.6 Å². The minimum atomic E-state index is -0.912. The summed E-state index contributed by atoms with van der Waals surface area (Å²) in [4.78, 5) is 15.1. The molecule has 35 heavy (non-hydrogen) atoms. The fourth-order valence-corrected chi connectivity index (χ4v) is 4.43. The number of aliphatic hydroxyl groups is 1. The highest BCUT2D eigenvalue weighted by Crippen LogP contribution is 2.33. The smallest absolute Gasteiger partial charge is 0.223 e. The number of likely N-dealkylation sites (tertiary alicyclic amines) is 1. The number of amides is 1. The third-order valence-corrected chi connectivity index (χ3v) is 6.49. The molecule has 0 spiro atoms. The summed E-state index contributed by atoms with van der Waals surface area (Å²) in [7, 11) is 0. The van der Waals surface area contributed by atoms with Crippen molar-refractivity contribution in [3.63, 3.8) is 0 Å². The van der Waals surface area contributed by atoms with Crippen molar-refractivity contribution in [1.82, 2.24) is 10.2 Å². The van der Waals surface area contributed by atoms with E-state index in [4.69, 9.17) is 14.2 Å². The van der Waals surface area contributed by atoms with Gasteiger partial charge in [0.25, 0.3) is 0 Å². The van der Waals surface area contributed by atoms with Crippen LogP contribution >= 0.6 is 0 Å². The Labute approximate surface area is 206 Å². The van der Waals surface area contributed by atoms with E-state index in [0.717, 1.165) is 25.9 Å². The molecule has 2 aliphatic heterocycles. The molecular weight excluding hydrogens is 448 g/mol. The van der Waals surface area contributed by atoms with Gasteiger partial charge in [-0.3, -0.25) is 4.79 Å². The zero-order valence-corrected chi connectivity index (χ0v) is 19.9. The first-order chi connectivity index (χ1) is 17.0. The van der Waals surface area contributed by atoms with Crippen LogP contribution in [-0.2, 0) is 4.79 Å². The molecule has 2 heterocycles. The first-order valence-electron chi connectivity index (χ1n) is 12.2. The number of hydrogen-bond donors (Lipinski definition) is 3. The highest BCUT2D eigenvalue weighted by atomic mass is 16.6. The molecule has 0 aliphatic carbocycles. The number of carbonyl (C=O) groups is 1. The summed E-state index contributed by atoms with van der Waals surface area (Å²) in [5, 5.41) is 23.7. The van der Waals surface area contributed by atoms with Crippen LogP contribution in [-0.4, -0.2) is 66.5 Å². The van der Waals surface area contributed by atoms with Gasteiger partial charge in [-0.1, -0.05) is 12.1 Å². The third kappa shape index (κ3) is 6.90. The zero-order valence-electron chi connectivity index (χ0n) is 19.9. The van der Waals surface area contributed by atoms with Crippen LogP contribution in [0.2, 0.25) is 0 Å². The average molecular weight is 483 g/mol. The minimum absolute atomic E-state index is 0.143. The summed E-state index contributed by atoms with van der Waals surface area (Å²) in [6, 6.07) is 11.3. The Morgan fingerprint density at radius 3 is 2.57 bits per heavy atom. The van der Waals surface area contributed by atoms with Gasteiger partial charge in [0.1, 0.15) is 30.8 Å². The van der Waals surface area contributed by atoms with E-state index >= 15 is 0 Å². The number of fused-ring (bicyclic) bond motifs is 1. The van der Waals surface area contributed by atoms with Crippen molar-refractivity contribution < 1.29 is 29.2 Å². The molecule has 8 heteroatoms. The number of ether oxygens (including phenoxy) is 3. The number of carbonyl (C=O) groups excluding carboxylic acids is 1. The Balaban J connectivity index is 1.39. The Kier molecular flexibility index (Phi) is 8.50. The fourth-order valence-electron chi connectivity index (χ4n) is 4.43. The summed E-state index contributed by atoms with van der Waals surface area (Å²) >= 11 is 0. The van der Waals surface area contributed by atoms with Crippen LogP contribution < -0.4 is 19.5 Å². The lowest BCUT2D eigenvalue weighted by Gasteiger charge is -2.35. The molecule has 1 saturated heterocycles. The second-order valence-electron chi connectivity index (χ2n) is 8.99. The monoisotopic (exact) mass is 482 g/mol. The molecule has 0 saturated carbocycles. The quantitative estimate of drug-likeness (QED) is 0.448. The molecule has 2 aliphatic rings. The molecule has 4 rings (SSSR count). The molecule has 0 aromatic heterocycles. The molecule has 188 valence electrons. The van der Waals surface area contributed by atoms with E-state index in [1.54, 1.807) is 24.3 Å².